The number of benzene rings is 2. The fraction of sp³-hybridized carbons (Fsp3) is 0.0870. The molecular weight excluding hydrogens is 400 g/mol. The molecule has 0 aliphatic carbocycles. The zero-order valence-electron chi connectivity index (χ0n) is 16.4. The predicted molar refractivity (Wildman–Crippen MR) is 121 cm³/mol. The molecule has 30 heavy (non-hydrogen) atoms. The summed E-state index contributed by atoms with van der Waals surface area (Å²) in [5.74, 6) is -0.125. The average molecular weight is 419 g/mol. The second-order valence-electron chi connectivity index (χ2n) is 6.94. The van der Waals surface area contributed by atoms with Crippen LogP contribution in [0, 0.1) is 6.92 Å². The molecule has 2 aromatic heterocycles. The van der Waals surface area contributed by atoms with E-state index in [1.54, 1.807) is 12.3 Å². The van der Waals surface area contributed by atoms with Crippen LogP contribution in [0.4, 0.5) is 11.4 Å². The van der Waals surface area contributed by atoms with Gasteiger partial charge in [0, 0.05) is 35.4 Å². The number of fused-ring (bicyclic) bond motifs is 1. The van der Waals surface area contributed by atoms with E-state index in [0.717, 1.165) is 39.0 Å². The lowest BCUT2D eigenvalue weighted by atomic mass is 9.97. The van der Waals surface area contributed by atoms with Gasteiger partial charge in [-0.3, -0.25) is 9.59 Å². The Morgan fingerprint density at radius 3 is 2.53 bits per heavy atom. The summed E-state index contributed by atoms with van der Waals surface area (Å²) >= 11 is 6.55. The molecule has 0 radical (unpaired) electrons. The van der Waals surface area contributed by atoms with Crippen LogP contribution in [0.25, 0.3) is 33.4 Å². The molecule has 2 aromatic carbocycles. The lowest BCUT2D eigenvalue weighted by Gasteiger charge is -2.11. The molecule has 0 spiro atoms. The number of anilines is 2. The molecule has 0 fully saturated rings. The lowest BCUT2D eigenvalue weighted by Crippen LogP contribution is -2.05. The summed E-state index contributed by atoms with van der Waals surface area (Å²) in [5, 5.41) is 6.90. The summed E-state index contributed by atoms with van der Waals surface area (Å²) in [6.45, 7) is 3.40. The van der Waals surface area contributed by atoms with E-state index in [-0.39, 0.29) is 5.91 Å². The molecule has 0 aliphatic rings. The molecule has 4 rings (SSSR count). The van der Waals surface area contributed by atoms with Crippen molar-refractivity contribution in [3.8, 4) is 22.4 Å². The van der Waals surface area contributed by atoms with Crippen molar-refractivity contribution in [2.75, 3.05) is 10.6 Å². The van der Waals surface area contributed by atoms with E-state index in [0.29, 0.717) is 22.8 Å². The third-order valence-electron chi connectivity index (χ3n) is 4.88. The predicted octanol–water partition coefficient (Wildman–Crippen LogP) is 5.39. The fourth-order valence-electron chi connectivity index (χ4n) is 3.50. The van der Waals surface area contributed by atoms with Gasteiger partial charge in [0.15, 0.2) is 0 Å². The summed E-state index contributed by atoms with van der Waals surface area (Å²) in [6.07, 6.45) is 2.32. The average Bonchev–Trinajstić information content (AvgIpc) is 3.11. The number of H-pyrrole nitrogens is 1. The van der Waals surface area contributed by atoms with Gasteiger partial charge in [0.25, 0.3) is 0 Å². The first-order chi connectivity index (χ1) is 14.5. The van der Waals surface area contributed by atoms with Crippen LogP contribution in [-0.2, 0) is 9.59 Å². The molecule has 0 bridgehead atoms. The van der Waals surface area contributed by atoms with Gasteiger partial charge in [0.05, 0.1) is 10.7 Å². The Balaban J connectivity index is 1.93. The van der Waals surface area contributed by atoms with E-state index in [1.165, 1.54) is 6.92 Å². The second-order valence-corrected chi connectivity index (χ2v) is 7.35. The van der Waals surface area contributed by atoms with Gasteiger partial charge in [-0.05, 0) is 47.9 Å². The van der Waals surface area contributed by atoms with Gasteiger partial charge in [0.2, 0.25) is 12.3 Å². The number of carbonyl (C=O) groups excluding carboxylic acids is 2. The highest BCUT2D eigenvalue weighted by Crippen LogP contribution is 2.41. The molecule has 0 atom stereocenters. The fourth-order valence-corrected chi connectivity index (χ4v) is 3.74. The van der Waals surface area contributed by atoms with E-state index in [4.69, 9.17) is 11.6 Å². The van der Waals surface area contributed by atoms with Gasteiger partial charge in [-0.15, -0.1) is 0 Å². The van der Waals surface area contributed by atoms with Crippen LogP contribution in [0.2, 0.25) is 5.02 Å². The number of nitrogens with zero attached hydrogens (tertiary/aromatic N) is 1. The van der Waals surface area contributed by atoms with E-state index >= 15 is 0 Å². The highest BCUT2D eigenvalue weighted by Gasteiger charge is 2.19. The number of aromatic amines is 1. The number of amides is 2. The van der Waals surface area contributed by atoms with Crippen LogP contribution in [0.15, 0.2) is 54.7 Å². The minimum Gasteiger partial charge on any atom is -0.339 e. The third kappa shape index (κ3) is 3.65. The summed E-state index contributed by atoms with van der Waals surface area (Å²) in [7, 11) is 0. The number of hydrogen-bond acceptors (Lipinski definition) is 3. The molecule has 7 heteroatoms. The van der Waals surface area contributed by atoms with Gasteiger partial charge < -0.3 is 15.6 Å². The largest absolute Gasteiger partial charge is 0.339 e. The molecular formula is C23H19ClN4O2. The highest BCUT2D eigenvalue weighted by molar-refractivity contribution is 6.36. The highest BCUT2D eigenvalue weighted by atomic mass is 35.5. The maximum Gasteiger partial charge on any atom is 0.221 e. The molecule has 0 unspecified atom stereocenters. The zero-order valence-corrected chi connectivity index (χ0v) is 17.2. The summed E-state index contributed by atoms with van der Waals surface area (Å²) in [6, 6.07) is 15.2. The maximum absolute atomic E-state index is 11.3. The van der Waals surface area contributed by atoms with Gasteiger partial charge in [-0.1, -0.05) is 35.9 Å². The normalized spacial score (nSPS) is 10.8. The van der Waals surface area contributed by atoms with E-state index < -0.39 is 0 Å². The molecule has 0 aliphatic heterocycles. The van der Waals surface area contributed by atoms with E-state index in [1.807, 2.05) is 49.4 Å². The number of pyridine rings is 1. The number of hydrogen-bond donors (Lipinski definition) is 3. The van der Waals surface area contributed by atoms with Gasteiger partial charge in [-0.25, -0.2) is 4.98 Å². The number of aryl methyl sites for hydroxylation is 1. The van der Waals surface area contributed by atoms with E-state index in [9.17, 15) is 9.59 Å². The number of carbonyl (C=O) groups is 2. The minimum atomic E-state index is -0.125. The Bertz CT molecular complexity index is 1260. The number of aromatic nitrogens is 2. The Kier molecular flexibility index (Phi) is 5.25. The first-order valence-corrected chi connectivity index (χ1v) is 9.71. The molecule has 4 aromatic rings. The van der Waals surface area contributed by atoms with Crippen LogP contribution in [0.5, 0.6) is 0 Å². The van der Waals surface area contributed by atoms with Crippen molar-refractivity contribution in [2.45, 2.75) is 13.8 Å². The number of rotatable bonds is 5. The first-order valence-electron chi connectivity index (χ1n) is 9.33. The standard InChI is InChI=1S/C23H19ClN4O2/c1-13-3-4-16(11-19(13)26-12-29)20-21-18(24)9-10-25-23(21)28-22(20)15-5-7-17(8-6-15)27-14(2)30/h3-12H,1-2H3,(H,25,28)(H,26,29)(H,27,30). The van der Waals surface area contributed by atoms with Crippen LogP contribution < -0.4 is 10.6 Å². The number of halogens is 1. The van der Waals surface area contributed by atoms with Crippen LogP contribution in [0.1, 0.15) is 12.5 Å². The minimum absolute atomic E-state index is 0.125. The van der Waals surface area contributed by atoms with Crippen molar-refractivity contribution in [3.05, 3.63) is 65.3 Å². The van der Waals surface area contributed by atoms with Crippen LogP contribution >= 0.6 is 11.6 Å². The van der Waals surface area contributed by atoms with Crippen molar-refractivity contribution in [3.63, 3.8) is 0 Å². The van der Waals surface area contributed by atoms with Crippen LogP contribution in [0.3, 0.4) is 0 Å². The van der Waals surface area contributed by atoms with Crippen molar-refractivity contribution >= 4 is 46.3 Å². The topological polar surface area (TPSA) is 86.9 Å². The van der Waals surface area contributed by atoms with Crippen LogP contribution in [-0.4, -0.2) is 22.3 Å². The molecule has 6 nitrogen and oxygen atoms in total. The lowest BCUT2D eigenvalue weighted by molar-refractivity contribution is -0.114. The molecule has 0 saturated heterocycles. The molecule has 3 N–H and O–H groups in total. The van der Waals surface area contributed by atoms with Crippen molar-refractivity contribution in [2.24, 2.45) is 0 Å². The van der Waals surface area contributed by atoms with Gasteiger partial charge in [-0.2, -0.15) is 0 Å². The third-order valence-corrected chi connectivity index (χ3v) is 5.19. The smallest absolute Gasteiger partial charge is 0.221 e. The second kappa shape index (κ2) is 8.00. The molecule has 2 heterocycles. The van der Waals surface area contributed by atoms with Crippen molar-refractivity contribution < 1.29 is 9.59 Å². The molecule has 0 saturated carbocycles. The Hall–Kier alpha value is -3.64. The van der Waals surface area contributed by atoms with Gasteiger partial charge in [0.1, 0.15) is 5.65 Å². The van der Waals surface area contributed by atoms with Gasteiger partial charge >= 0.3 is 0 Å². The Morgan fingerprint density at radius 2 is 1.83 bits per heavy atom. The monoisotopic (exact) mass is 418 g/mol. The number of nitrogens with one attached hydrogen (secondary N) is 3. The summed E-state index contributed by atoms with van der Waals surface area (Å²) < 4.78 is 0. The maximum atomic E-state index is 11.3. The Morgan fingerprint density at radius 1 is 1.10 bits per heavy atom. The first kappa shape index (κ1) is 19.7. The van der Waals surface area contributed by atoms with Crippen molar-refractivity contribution in [1.82, 2.24) is 9.97 Å². The van der Waals surface area contributed by atoms with Crippen molar-refractivity contribution in [1.29, 1.82) is 0 Å². The molecule has 150 valence electrons. The zero-order chi connectivity index (χ0) is 21.3. The quantitative estimate of drug-likeness (QED) is 0.380. The SMILES string of the molecule is CC(=O)Nc1ccc(-c2[nH]c3nccc(Cl)c3c2-c2ccc(C)c(NC=O)c2)cc1. The summed E-state index contributed by atoms with van der Waals surface area (Å²) in [4.78, 5) is 30.1. The summed E-state index contributed by atoms with van der Waals surface area (Å²) in [5.41, 5.74) is 6.62. The Labute approximate surface area is 178 Å². The molecule has 2 amide bonds. The van der Waals surface area contributed by atoms with E-state index in [2.05, 4.69) is 20.6 Å².